The van der Waals surface area contributed by atoms with Gasteiger partial charge in [0.25, 0.3) is 0 Å². The molecule has 18 heavy (non-hydrogen) atoms. The zero-order valence-electron chi connectivity index (χ0n) is 10.6. The van der Waals surface area contributed by atoms with E-state index in [1.165, 1.54) is 7.11 Å². The molecule has 0 aromatic carbocycles. The Morgan fingerprint density at radius 2 is 2.17 bits per heavy atom. The summed E-state index contributed by atoms with van der Waals surface area (Å²) in [6.07, 6.45) is 0.363. The average Bonchev–Trinajstić information content (AvgIpc) is 2.77. The summed E-state index contributed by atoms with van der Waals surface area (Å²) in [5.74, 6) is 0.640. The minimum absolute atomic E-state index is 0.210. The van der Waals surface area contributed by atoms with E-state index in [9.17, 15) is 4.79 Å². The molecule has 0 unspecified atom stereocenters. The molecule has 1 heterocycles. The molecular weight excluding hydrogens is 302 g/mol. The van der Waals surface area contributed by atoms with E-state index >= 15 is 0 Å². The Kier molecular flexibility index (Phi) is 7.00. The molecule has 6 heteroatoms. The first-order valence-electron chi connectivity index (χ1n) is 5.68. The van der Waals surface area contributed by atoms with E-state index in [4.69, 9.17) is 9.15 Å². The Labute approximate surface area is 115 Å². The quantitative estimate of drug-likeness (QED) is 0.686. The van der Waals surface area contributed by atoms with Crippen LogP contribution in [0.15, 0.2) is 21.2 Å². The first-order chi connectivity index (χ1) is 8.65. The number of ether oxygens (including phenoxy) is 2. The van der Waals surface area contributed by atoms with Crippen molar-refractivity contribution in [3.63, 3.8) is 0 Å². The standard InChI is InChI=1S/C12H18BrNO4/c1-16-8-7-14(6-5-12(15)17-2)9-10-3-4-11(13)18-10/h3-4H,5-9H2,1-2H3. The smallest absolute Gasteiger partial charge is 0.306 e. The molecule has 0 aliphatic heterocycles. The average molecular weight is 320 g/mol. The molecule has 0 aliphatic carbocycles. The molecule has 0 radical (unpaired) electrons. The van der Waals surface area contributed by atoms with E-state index in [1.807, 2.05) is 12.1 Å². The zero-order chi connectivity index (χ0) is 13.4. The molecule has 1 rings (SSSR count). The predicted octanol–water partition coefficient (Wildman–Crippen LogP) is 2.05. The van der Waals surface area contributed by atoms with Gasteiger partial charge in [0, 0.05) is 20.2 Å². The van der Waals surface area contributed by atoms with Crippen molar-refractivity contribution >= 4 is 21.9 Å². The maximum atomic E-state index is 11.1. The maximum absolute atomic E-state index is 11.1. The summed E-state index contributed by atoms with van der Waals surface area (Å²) in [5, 5.41) is 0. The summed E-state index contributed by atoms with van der Waals surface area (Å²) in [5.41, 5.74) is 0. The van der Waals surface area contributed by atoms with E-state index in [0.717, 1.165) is 12.3 Å². The molecule has 0 saturated heterocycles. The van der Waals surface area contributed by atoms with Crippen molar-refractivity contribution < 1.29 is 18.7 Å². The van der Waals surface area contributed by atoms with Gasteiger partial charge in [-0.2, -0.15) is 0 Å². The summed E-state index contributed by atoms with van der Waals surface area (Å²) in [6.45, 7) is 2.62. The van der Waals surface area contributed by atoms with Crippen molar-refractivity contribution in [3.8, 4) is 0 Å². The Hall–Kier alpha value is -0.850. The van der Waals surface area contributed by atoms with Gasteiger partial charge in [0.2, 0.25) is 0 Å². The minimum Gasteiger partial charge on any atom is -0.469 e. The van der Waals surface area contributed by atoms with Crippen LogP contribution in [-0.2, 0) is 20.8 Å². The van der Waals surface area contributed by atoms with Gasteiger partial charge in [-0.15, -0.1) is 0 Å². The van der Waals surface area contributed by atoms with Crippen LogP contribution >= 0.6 is 15.9 Å². The largest absolute Gasteiger partial charge is 0.469 e. The van der Waals surface area contributed by atoms with Gasteiger partial charge >= 0.3 is 5.97 Å². The molecule has 0 fully saturated rings. The molecule has 0 spiro atoms. The normalized spacial score (nSPS) is 10.9. The second kappa shape index (κ2) is 8.29. The van der Waals surface area contributed by atoms with Crippen molar-refractivity contribution in [1.29, 1.82) is 0 Å². The number of methoxy groups -OCH3 is 2. The maximum Gasteiger partial charge on any atom is 0.306 e. The number of hydrogen-bond acceptors (Lipinski definition) is 5. The van der Waals surface area contributed by atoms with Crippen molar-refractivity contribution in [2.24, 2.45) is 0 Å². The molecular formula is C12H18BrNO4. The number of carbonyl (C=O) groups is 1. The molecule has 1 aromatic rings. The zero-order valence-corrected chi connectivity index (χ0v) is 12.2. The highest BCUT2D eigenvalue weighted by molar-refractivity contribution is 9.10. The van der Waals surface area contributed by atoms with Gasteiger partial charge in [0.1, 0.15) is 5.76 Å². The molecule has 0 amide bonds. The molecule has 102 valence electrons. The van der Waals surface area contributed by atoms with Gasteiger partial charge < -0.3 is 13.9 Å². The number of esters is 1. The number of rotatable bonds is 8. The summed E-state index contributed by atoms with van der Waals surface area (Å²) in [6, 6.07) is 3.76. The fraction of sp³-hybridized carbons (Fsp3) is 0.583. The highest BCUT2D eigenvalue weighted by atomic mass is 79.9. The molecule has 0 aliphatic rings. The van der Waals surface area contributed by atoms with Crippen molar-refractivity contribution in [3.05, 3.63) is 22.6 Å². The molecule has 0 atom stereocenters. The molecule has 5 nitrogen and oxygen atoms in total. The number of furan rings is 1. The van der Waals surface area contributed by atoms with E-state index < -0.39 is 0 Å². The first kappa shape index (κ1) is 15.2. The third kappa shape index (κ3) is 5.66. The van der Waals surface area contributed by atoms with Crippen LogP contribution in [0.3, 0.4) is 0 Å². The Bertz CT molecular complexity index is 367. The van der Waals surface area contributed by atoms with Gasteiger partial charge in [-0.3, -0.25) is 9.69 Å². The summed E-state index contributed by atoms with van der Waals surface area (Å²) < 4.78 is 15.8. The molecule has 0 N–H and O–H groups in total. The topological polar surface area (TPSA) is 51.9 Å². The lowest BCUT2D eigenvalue weighted by atomic mass is 10.3. The molecule has 0 bridgehead atoms. The van der Waals surface area contributed by atoms with Crippen molar-refractivity contribution in [2.45, 2.75) is 13.0 Å². The summed E-state index contributed by atoms with van der Waals surface area (Å²) in [7, 11) is 3.05. The van der Waals surface area contributed by atoms with Crippen LogP contribution in [0.1, 0.15) is 12.2 Å². The van der Waals surface area contributed by atoms with E-state index in [-0.39, 0.29) is 5.97 Å². The van der Waals surface area contributed by atoms with Gasteiger partial charge in [0.05, 0.1) is 26.7 Å². The van der Waals surface area contributed by atoms with Crippen LogP contribution in [0.25, 0.3) is 0 Å². The minimum atomic E-state index is -0.210. The summed E-state index contributed by atoms with van der Waals surface area (Å²) in [4.78, 5) is 13.2. The monoisotopic (exact) mass is 319 g/mol. The van der Waals surface area contributed by atoms with E-state index in [2.05, 4.69) is 25.6 Å². The predicted molar refractivity (Wildman–Crippen MR) is 70.2 cm³/mol. The van der Waals surface area contributed by atoms with Crippen LogP contribution in [-0.4, -0.2) is 44.8 Å². The SMILES string of the molecule is COCCN(CCC(=O)OC)Cc1ccc(Br)o1. The van der Waals surface area contributed by atoms with Crippen LogP contribution in [0.5, 0.6) is 0 Å². The van der Waals surface area contributed by atoms with Gasteiger partial charge in [-0.1, -0.05) is 0 Å². The van der Waals surface area contributed by atoms with Gasteiger partial charge in [0.15, 0.2) is 4.67 Å². The Balaban J connectivity index is 2.46. The fourth-order valence-corrected chi connectivity index (χ4v) is 1.84. The third-order valence-corrected chi connectivity index (χ3v) is 2.91. The van der Waals surface area contributed by atoms with Crippen LogP contribution in [0.4, 0.5) is 0 Å². The van der Waals surface area contributed by atoms with Crippen molar-refractivity contribution in [2.75, 3.05) is 33.9 Å². The van der Waals surface area contributed by atoms with Crippen molar-refractivity contribution in [1.82, 2.24) is 4.90 Å². The van der Waals surface area contributed by atoms with Crippen LogP contribution < -0.4 is 0 Å². The number of nitrogens with zero attached hydrogens (tertiary/aromatic N) is 1. The van der Waals surface area contributed by atoms with E-state index in [0.29, 0.717) is 30.8 Å². The van der Waals surface area contributed by atoms with Gasteiger partial charge in [-0.05, 0) is 28.1 Å². The molecule has 0 saturated carbocycles. The third-order valence-electron chi connectivity index (χ3n) is 2.48. The highest BCUT2D eigenvalue weighted by Gasteiger charge is 2.11. The van der Waals surface area contributed by atoms with Crippen LogP contribution in [0, 0.1) is 0 Å². The Morgan fingerprint density at radius 3 is 2.72 bits per heavy atom. The lowest BCUT2D eigenvalue weighted by Crippen LogP contribution is -2.29. The number of carbonyl (C=O) groups excluding carboxylic acids is 1. The Morgan fingerprint density at radius 1 is 1.39 bits per heavy atom. The lowest BCUT2D eigenvalue weighted by molar-refractivity contribution is -0.141. The van der Waals surface area contributed by atoms with Crippen LogP contribution in [0.2, 0.25) is 0 Å². The fourth-order valence-electron chi connectivity index (χ4n) is 1.50. The van der Waals surface area contributed by atoms with Gasteiger partial charge in [-0.25, -0.2) is 0 Å². The second-order valence-corrected chi connectivity index (χ2v) is 4.58. The first-order valence-corrected chi connectivity index (χ1v) is 6.47. The number of halogens is 1. The lowest BCUT2D eigenvalue weighted by Gasteiger charge is -2.20. The second-order valence-electron chi connectivity index (χ2n) is 3.80. The summed E-state index contributed by atoms with van der Waals surface area (Å²) >= 11 is 3.26. The highest BCUT2D eigenvalue weighted by Crippen LogP contribution is 2.15. The molecule has 1 aromatic heterocycles. The van der Waals surface area contributed by atoms with E-state index in [1.54, 1.807) is 7.11 Å². The number of hydrogen-bond donors (Lipinski definition) is 0.